The van der Waals surface area contributed by atoms with Gasteiger partial charge in [-0.05, 0) is 15.4 Å². The van der Waals surface area contributed by atoms with Crippen molar-refractivity contribution in [2.75, 3.05) is 0 Å². The zero-order valence-corrected chi connectivity index (χ0v) is 18.4. The Bertz CT molecular complexity index is 887. The van der Waals surface area contributed by atoms with Gasteiger partial charge in [0.15, 0.2) is 0 Å². The Hall–Kier alpha value is -2.86. The first-order valence-corrected chi connectivity index (χ1v) is 11.4. The van der Waals surface area contributed by atoms with Crippen LogP contribution in [0.4, 0.5) is 0 Å². The SMILES string of the molecule is CC1(C)OC(=O)/C(=C/C(=O)O[Si](c2ccccc2)(c2ccccc2)C(C)(C)C)O1. The summed E-state index contributed by atoms with van der Waals surface area (Å²) in [6, 6.07) is 19.6. The van der Waals surface area contributed by atoms with E-state index < -0.39 is 26.0 Å². The number of esters is 1. The van der Waals surface area contributed by atoms with Gasteiger partial charge in [-0.3, -0.25) is 0 Å². The third-order valence-corrected chi connectivity index (χ3v) is 9.73. The quantitative estimate of drug-likeness (QED) is 0.440. The molecule has 1 saturated heterocycles. The Balaban J connectivity index is 2.09. The molecule has 1 aliphatic heterocycles. The molecule has 2 aromatic carbocycles. The molecule has 0 amide bonds. The number of carbonyl (C=O) groups excluding carboxylic acids is 2. The standard InChI is InChI=1S/C23H26O5Si/c1-22(2,3)29(17-12-8-6-9-13-17,18-14-10-7-11-15-18)28-20(24)16-19-21(25)27-23(4,5)26-19/h6-16H,1-5H3/b19-16-. The van der Waals surface area contributed by atoms with E-state index in [4.69, 9.17) is 13.9 Å². The molecular formula is C23H26O5Si. The van der Waals surface area contributed by atoms with E-state index >= 15 is 0 Å². The average molecular weight is 411 g/mol. The molecule has 0 radical (unpaired) electrons. The lowest BCUT2D eigenvalue weighted by Crippen LogP contribution is -2.67. The zero-order valence-electron chi connectivity index (χ0n) is 17.4. The van der Waals surface area contributed by atoms with Crippen molar-refractivity contribution in [2.24, 2.45) is 0 Å². The van der Waals surface area contributed by atoms with Gasteiger partial charge < -0.3 is 13.9 Å². The molecule has 0 unspecified atom stereocenters. The van der Waals surface area contributed by atoms with Crippen molar-refractivity contribution in [1.82, 2.24) is 0 Å². The van der Waals surface area contributed by atoms with E-state index in [1.165, 1.54) is 0 Å². The maximum Gasteiger partial charge on any atom is 0.377 e. The molecule has 0 atom stereocenters. The van der Waals surface area contributed by atoms with Crippen LogP contribution < -0.4 is 10.4 Å². The van der Waals surface area contributed by atoms with Crippen molar-refractivity contribution in [3.05, 3.63) is 72.5 Å². The minimum Gasteiger partial charge on any atom is -0.506 e. The first-order valence-electron chi connectivity index (χ1n) is 9.53. The highest BCUT2D eigenvalue weighted by atomic mass is 28.4. The summed E-state index contributed by atoms with van der Waals surface area (Å²) in [5.41, 5.74) is 0. The molecule has 1 fully saturated rings. The van der Waals surface area contributed by atoms with Crippen LogP contribution in [-0.4, -0.2) is 26.0 Å². The van der Waals surface area contributed by atoms with E-state index in [1.54, 1.807) is 13.8 Å². The third kappa shape index (κ3) is 4.12. The van der Waals surface area contributed by atoms with E-state index in [9.17, 15) is 9.59 Å². The Kier molecular flexibility index (Phi) is 5.41. The molecule has 0 aromatic heterocycles. The molecule has 1 aliphatic rings. The molecule has 29 heavy (non-hydrogen) atoms. The first kappa shape index (κ1) is 20.9. The van der Waals surface area contributed by atoms with Gasteiger partial charge in [0, 0.05) is 13.8 Å². The fraction of sp³-hybridized carbons (Fsp3) is 0.304. The van der Waals surface area contributed by atoms with E-state index in [1.807, 2.05) is 60.7 Å². The number of ether oxygens (including phenoxy) is 2. The molecule has 6 heteroatoms. The van der Waals surface area contributed by atoms with Gasteiger partial charge in [0.25, 0.3) is 0 Å². The van der Waals surface area contributed by atoms with Crippen molar-refractivity contribution >= 4 is 30.6 Å². The number of rotatable bonds is 4. The van der Waals surface area contributed by atoms with Crippen LogP contribution in [0.25, 0.3) is 0 Å². The molecule has 0 saturated carbocycles. The number of cyclic esters (lactones) is 1. The molecule has 0 spiro atoms. The highest BCUT2D eigenvalue weighted by Crippen LogP contribution is 2.37. The van der Waals surface area contributed by atoms with E-state index in [-0.39, 0.29) is 10.8 Å². The van der Waals surface area contributed by atoms with Gasteiger partial charge in [-0.1, -0.05) is 81.4 Å². The predicted octanol–water partition coefficient (Wildman–Crippen LogP) is 3.28. The summed E-state index contributed by atoms with van der Waals surface area (Å²) >= 11 is 0. The lowest BCUT2D eigenvalue weighted by molar-refractivity contribution is -0.159. The Labute approximate surface area is 172 Å². The van der Waals surface area contributed by atoms with Gasteiger partial charge in [0.2, 0.25) is 11.5 Å². The van der Waals surface area contributed by atoms with Crippen LogP contribution in [0.15, 0.2) is 72.5 Å². The second-order valence-electron chi connectivity index (χ2n) is 8.48. The van der Waals surface area contributed by atoms with Crippen LogP contribution in [0.1, 0.15) is 34.6 Å². The Morgan fingerprint density at radius 1 is 0.931 bits per heavy atom. The lowest BCUT2D eigenvalue weighted by Gasteiger charge is -2.41. The van der Waals surface area contributed by atoms with Crippen LogP contribution >= 0.6 is 0 Å². The minimum atomic E-state index is -3.04. The highest BCUT2D eigenvalue weighted by molar-refractivity contribution is 7.00. The monoisotopic (exact) mass is 410 g/mol. The van der Waals surface area contributed by atoms with Crippen molar-refractivity contribution in [1.29, 1.82) is 0 Å². The fourth-order valence-electron chi connectivity index (χ4n) is 3.63. The number of hydrogen-bond acceptors (Lipinski definition) is 5. The minimum absolute atomic E-state index is 0.141. The van der Waals surface area contributed by atoms with Crippen LogP contribution in [-0.2, 0) is 23.5 Å². The fourth-order valence-corrected chi connectivity index (χ4v) is 7.92. The van der Waals surface area contributed by atoms with Gasteiger partial charge in [-0.15, -0.1) is 0 Å². The maximum atomic E-state index is 13.0. The van der Waals surface area contributed by atoms with E-state index in [0.717, 1.165) is 16.4 Å². The smallest absolute Gasteiger partial charge is 0.377 e. The van der Waals surface area contributed by atoms with Crippen LogP contribution in [0.2, 0.25) is 5.04 Å². The second kappa shape index (κ2) is 7.52. The normalized spacial score (nSPS) is 17.6. The van der Waals surface area contributed by atoms with Crippen LogP contribution in [0.3, 0.4) is 0 Å². The zero-order chi connectivity index (χ0) is 21.3. The lowest BCUT2D eigenvalue weighted by atomic mass is 10.2. The van der Waals surface area contributed by atoms with Crippen molar-refractivity contribution < 1.29 is 23.5 Å². The highest BCUT2D eigenvalue weighted by Gasteiger charge is 2.53. The molecule has 152 valence electrons. The molecule has 3 rings (SSSR count). The summed E-state index contributed by atoms with van der Waals surface area (Å²) in [5.74, 6) is -2.53. The number of carbonyl (C=O) groups is 2. The van der Waals surface area contributed by atoms with Crippen molar-refractivity contribution in [2.45, 2.75) is 45.4 Å². The summed E-state index contributed by atoms with van der Waals surface area (Å²) < 4.78 is 16.8. The summed E-state index contributed by atoms with van der Waals surface area (Å²) in [4.78, 5) is 25.0. The predicted molar refractivity (Wildman–Crippen MR) is 113 cm³/mol. The molecule has 5 nitrogen and oxygen atoms in total. The van der Waals surface area contributed by atoms with Crippen LogP contribution in [0, 0.1) is 0 Å². The summed E-state index contributed by atoms with van der Waals surface area (Å²) in [5, 5.41) is 1.58. The summed E-state index contributed by atoms with van der Waals surface area (Å²) in [6.07, 6.45) is 1.09. The summed E-state index contributed by atoms with van der Waals surface area (Å²) in [6.45, 7) is 9.44. The van der Waals surface area contributed by atoms with Gasteiger partial charge >= 0.3 is 20.3 Å². The molecule has 1 heterocycles. The first-order chi connectivity index (χ1) is 13.6. The molecule has 2 aromatic rings. The van der Waals surface area contributed by atoms with Gasteiger partial charge in [-0.25, -0.2) is 9.59 Å². The molecular weight excluding hydrogens is 384 g/mol. The third-order valence-electron chi connectivity index (χ3n) is 4.81. The summed E-state index contributed by atoms with van der Waals surface area (Å²) in [7, 11) is -3.04. The topological polar surface area (TPSA) is 61.8 Å². The maximum absolute atomic E-state index is 13.0. The van der Waals surface area contributed by atoms with Crippen LogP contribution in [0.5, 0.6) is 0 Å². The van der Waals surface area contributed by atoms with Gasteiger partial charge in [-0.2, -0.15) is 0 Å². The largest absolute Gasteiger partial charge is 0.506 e. The van der Waals surface area contributed by atoms with Crippen molar-refractivity contribution in [3.63, 3.8) is 0 Å². The molecule has 0 bridgehead atoms. The molecule has 0 N–H and O–H groups in total. The molecule has 0 aliphatic carbocycles. The van der Waals surface area contributed by atoms with Gasteiger partial charge in [0.05, 0.1) is 6.08 Å². The van der Waals surface area contributed by atoms with E-state index in [0.29, 0.717) is 0 Å². The number of benzene rings is 2. The Morgan fingerprint density at radius 2 is 1.41 bits per heavy atom. The van der Waals surface area contributed by atoms with Gasteiger partial charge in [0.1, 0.15) is 0 Å². The average Bonchev–Trinajstić information content (AvgIpc) is 2.91. The van der Waals surface area contributed by atoms with E-state index in [2.05, 4.69) is 20.8 Å². The Morgan fingerprint density at radius 3 is 1.79 bits per heavy atom. The second-order valence-corrected chi connectivity index (χ2v) is 12.7. The number of hydrogen-bond donors (Lipinski definition) is 0. The van der Waals surface area contributed by atoms with Crippen molar-refractivity contribution in [3.8, 4) is 0 Å².